The molecule has 0 spiro atoms. The smallest absolute Gasteiger partial charge is 0.333 e. The molecule has 2 heterocycles. The van der Waals surface area contributed by atoms with E-state index < -0.39 is 23.2 Å². The number of rotatable bonds is 1. The van der Waals surface area contributed by atoms with Crippen LogP contribution in [0.15, 0.2) is 48.5 Å². The van der Waals surface area contributed by atoms with Gasteiger partial charge in [0.2, 0.25) is 0 Å². The fraction of sp³-hybridized carbons (Fsp3) is 0.263. The Bertz CT molecular complexity index is 917. The van der Waals surface area contributed by atoms with Crippen molar-refractivity contribution in [3.63, 3.8) is 0 Å². The van der Waals surface area contributed by atoms with Crippen LogP contribution in [0.2, 0.25) is 5.02 Å². The molecule has 0 aliphatic carbocycles. The fourth-order valence-electron chi connectivity index (χ4n) is 3.88. The maximum Gasteiger partial charge on any atom is 0.333 e. The lowest BCUT2D eigenvalue weighted by atomic mass is 9.75. The van der Waals surface area contributed by atoms with E-state index in [1.54, 1.807) is 23.1 Å². The van der Waals surface area contributed by atoms with Gasteiger partial charge in [-0.15, -0.1) is 0 Å². The first-order valence-electron chi connectivity index (χ1n) is 8.23. The molecule has 2 aliphatic heterocycles. The monoisotopic (exact) mass is 371 g/mol. The number of ether oxygens (including phenoxy) is 1. The van der Waals surface area contributed by atoms with Gasteiger partial charge in [0.25, 0.3) is 0 Å². The number of halogens is 1. The molecule has 1 saturated heterocycles. The van der Waals surface area contributed by atoms with Gasteiger partial charge >= 0.3 is 12.1 Å². The minimum atomic E-state index is -0.911. The Kier molecular flexibility index (Phi) is 3.46. The molecule has 2 aliphatic rings. The van der Waals surface area contributed by atoms with Crippen LogP contribution in [0.1, 0.15) is 19.4 Å². The number of para-hydroxylation sites is 2. The molecule has 2 aromatic carbocycles. The van der Waals surface area contributed by atoms with Gasteiger partial charge in [-0.05, 0) is 43.7 Å². The minimum Gasteiger partial charge on any atom is -0.478 e. The molecule has 0 aromatic heterocycles. The molecule has 7 heteroatoms. The molecule has 0 saturated carbocycles. The van der Waals surface area contributed by atoms with Gasteiger partial charge in [0.05, 0.1) is 12.2 Å². The van der Waals surface area contributed by atoms with Crippen LogP contribution in [-0.2, 0) is 5.60 Å². The topological polar surface area (TPSA) is 75.9 Å². The van der Waals surface area contributed by atoms with Crippen LogP contribution >= 0.6 is 11.6 Å². The highest BCUT2D eigenvalue weighted by Gasteiger charge is 2.63. The number of imide groups is 1. The van der Waals surface area contributed by atoms with Crippen molar-refractivity contribution in [1.82, 2.24) is 4.90 Å². The summed E-state index contributed by atoms with van der Waals surface area (Å²) in [5, 5.41) is 0.608. The molecule has 2 unspecified atom stereocenters. The van der Waals surface area contributed by atoms with Crippen molar-refractivity contribution < 1.29 is 14.3 Å². The van der Waals surface area contributed by atoms with E-state index in [1.165, 1.54) is 0 Å². The number of urea groups is 2. The average Bonchev–Trinajstić information content (AvgIpc) is 2.89. The number of anilines is 1. The number of hydrogen-bond acceptors (Lipinski definition) is 3. The molecule has 134 valence electrons. The van der Waals surface area contributed by atoms with Crippen molar-refractivity contribution in [2.75, 3.05) is 11.4 Å². The summed E-state index contributed by atoms with van der Waals surface area (Å²) in [5.74, 6) is 0.571. The fourth-order valence-corrected chi connectivity index (χ4v) is 4.01. The third-order valence-electron chi connectivity index (χ3n) is 5.49. The standard InChI is InChI=1S/C19H18ClN3O3/c1-18-11-22(16(21)24)17(25)23(18)14-5-3-4-6-15(14)26-19(18,2)12-7-9-13(20)10-8-12/h3-10H,11H2,1-2H3,(H2,21,24). The van der Waals surface area contributed by atoms with E-state index >= 15 is 0 Å². The summed E-state index contributed by atoms with van der Waals surface area (Å²) >= 11 is 6.04. The van der Waals surface area contributed by atoms with Crippen LogP contribution in [0.4, 0.5) is 15.3 Å². The second kappa shape index (κ2) is 5.38. The van der Waals surface area contributed by atoms with Gasteiger partial charge in [-0.2, -0.15) is 0 Å². The molecule has 0 bridgehead atoms. The summed E-state index contributed by atoms with van der Waals surface area (Å²) in [6.07, 6.45) is 0. The average molecular weight is 372 g/mol. The van der Waals surface area contributed by atoms with Gasteiger partial charge in [0.15, 0.2) is 5.60 Å². The molecule has 2 aromatic rings. The first kappa shape index (κ1) is 16.7. The lowest BCUT2D eigenvalue weighted by Gasteiger charge is -2.52. The van der Waals surface area contributed by atoms with Gasteiger partial charge in [0.1, 0.15) is 11.3 Å². The van der Waals surface area contributed by atoms with Crippen LogP contribution in [-0.4, -0.2) is 29.0 Å². The van der Waals surface area contributed by atoms with E-state index in [4.69, 9.17) is 22.1 Å². The molecule has 2 atom stereocenters. The Morgan fingerprint density at radius 3 is 2.46 bits per heavy atom. The first-order valence-corrected chi connectivity index (χ1v) is 8.61. The number of nitrogens with zero attached hydrogens (tertiary/aromatic N) is 2. The minimum absolute atomic E-state index is 0.120. The van der Waals surface area contributed by atoms with Crippen LogP contribution in [0.25, 0.3) is 0 Å². The lowest BCUT2D eigenvalue weighted by Crippen LogP contribution is -2.64. The number of nitrogens with two attached hydrogens (primary N) is 1. The number of carbonyl (C=O) groups excluding carboxylic acids is 2. The Morgan fingerprint density at radius 2 is 1.81 bits per heavy atom. The van der Waals surface area contributed by atoms with E-state index in [0.717, 1.165) is 10.5 Å². The summed E-state index contributed by atoms with van der Waals surface area (Å²) in [4.78, 5) is 27.5. The predicted octanol–water partition coefficient (Wildman–Crippen LogP) is 3.73. The highest BCUT2D eigenvalue weighted by atomic mass is 35.5. The number of amides is 4. The summed E-state index contributed by atoms with van der Waals surface area (Å²) in [5.41, 5.74) is 5.16. The van der Waals surface area contributed by atoms with Crippen molar-refractivity contribution in [2.24, 2.45) is 5.73 Å². The van der Waals surface area contributed by atoms with Crippen LogP contribution < -0.4 is 15.4 Å². The van der Waals surface area contributed by atoms with Gasteiger partial charge in [0, 0.05) is 5.02 Å². The zero-order valence-electron chi connectivity index (χ0n) is 14.4. The Labute approximate surface area is 156 Å². The van der Waals surface area contributed by atoms with Crippen LogP contribution in [0.5, 0.6) is 5.75 Å². The summed E-state index contributed by atoms with van der Waals surface area (Å²) in [6.45, 7) is 3.93. The molecular weight excluding hydrogens is 354 g/mol. The maximum atomic E-state index is 13.0. The summed E-state index contributed by atoms with van der Waals surface area (Å²) in [7, 11) is 0. The van der Waals surface area contributed by atoms with E-state index in [2.05, 4.69) is 0 Å². The van der Waals surface area contributed by atoms with Gasteiger partial charge in [-0.1, -0.05) is 35.9 Å². The normalized spacial score (nSPS) is 27.0. The molecular formula is C19H18ClN3O3. The van der Waals surface area contributed by atoms with Crippen LogP contribution in [0, 0.1) is 0 Å². The highest BCUT2D eigenvalue weighted by molar-refractivity contribution is 6.30. The molecule has 26 heavy (non-hydrogen) atoms. The molecule has 4 rings (SSSR count). The third-order valence-corrected chi connectivity index (χ3v) is 5.74. The van der Waals surface area contributed by atoms with E-state index in [1.807, 2.05) is 44.2 Å². The number of carbonyl (C=O) groups is 2. The number of fused-ring (bicyclic) bond motifs is 3. The van der Waals surface area contributed by atoms with E-state index in [9.17, 15) is 9.59 Å². The Balaban J connectivity index is 1.96. The van der Waals surface area contributed by atoms with E-state index in [-0.39, 0.29) is 6.54 Å². The van der Waals surface area contributed by atoms with Crippen molar-refractivity contribution in [3.8, 4) is 5.75 Å². The summed E-state index contributed by atoms with van der Waals surface area (Å²) in [6, 6.07) is 13.4. The number of benzene rings is 2. The highest BCUT2D eigenvalue weighted by Crippen LogP contribution is 2.53. The van der Waals surface area contributed by atoms with Crippen molar-refractivity contribution in [1.29, 1.82) is 0 Å². The first-order chi connectivity index (χ1) is 12.3. The van der Waals surface area contributed by atoms with Crippen LogP contribution in [0.3, 0.4) is 0 Å². The largest absolute Gasteiger partial charge is 0.478 e. The van der Waals surface area contributed by atoms with Crippen molar-refractivity contribution in [2.45, 2.75) is 25.0 Å². The quantitative estimate of drug-likeness (QED) is 0.829. The second-order valence-corrected chi connectivity index (χ2v) is 7.36. The van der Waals surface area contributed by atoms with Crippen molar-refractivity contribution in [3.05, 3.63) is 59.1 Å². The molecule has 2 N–H and O–H groups in total. The SMILES string of the molecule is CC1(c2ccc(Cl)cc2)Oc2ccccc2N2C(=O)N(C(N)=O)CC21C. The Hall–Kier alpha value is -2.73. The van der Waals surface area contributed by atoms with Gasteiger partial charge in [-0.25, -0.2) is 14.5 Å². The molecule has 4 amide bonds. The number of primary amides is 1. The van der Waals surface area contributed by atoms with Gasteiger partial charge in [-0.3, -0.25) is 4.90 Å². The maximum absolute atomic E-state index is 13.0. The zero-order chi connectivity index (χ0) is 18.7. The third kappa shape index (κ3) is 2.05. The van der Waals surface area contributed by atoms with Crippen molar-refractivity contribution >= 4 is 29.4 Å². The summed E-state index contributed by atoms with van der Waals surface area (Å²) < 4.78 is 6.42. The second-order valence-electron chi connectivity index (χ2n) is 6.93. The number of hydrogen-bond donors (Lipinski definition) is 1. The van der Waals surface area contributed by atoms with Gasteiger partial charge < -0.3 is 10.5 Å². The molecule has 1 fully saturated rings. The van der Waals surface area contributed by atoms with E-state index in [0.29, 0.717) is 16.5 Å². The lowest BCUT2D eigenvalue weighted by molar-refractivity contribution is 0.00315. The Morgan fingerprint density at radius 1 is 1.15 bits per heavy atom. The molecule has 0 radical (unpaired) electrons. The predicted molar refractivity (Wildman–Crippen MR) is 98.4 cm³/mol. The molecule has 6 nitrogen and oxygen atoms in total. The zero-order valence-corrected chi connectivity index (χ0v) is 15.2.